The molecule has 1 aliphatic carbocycles. The first-order valence-corrected chi connectivity index (χ1v) is 3.12. The Morgan fingerprint density at radius 2 is 1.56 bits per heavy atom. The lowest BCUT2D eigenvalue weighted by Gasteiger charge is -2.12. The van der Waals surface area contributed by atoms with E-state index in [4.69, 9.17) is 0 Å². The summed E-state index contributed by atoms with van der Waals surface area (Å²) in [6.07, 6.45) is 2.76. The molecular weight excluding hydrogens is 112 g/mol. The topological polar surface area (TPSA) is 17.1 Å². The molecule has 1 nitrogen and oxygen atoms in total. The Morgan fingerprint density at radius 1 is 1.11 bits per heavy atom. The number of hydrogen-bond donors (Lipinski definition) is 0. The maximum absolute atomic E-state index is 10.9. The van der Waals surface area contributed by atoms with Crippen LogP contribution in [0.3, 0.4) is 0 Å². The van der Waals surface area contributed by atoms with Gasteiger partial charge < -0.3 is 0 Å². The Balaban J connectivity index is 2.74. The summed E-state index contributed by atoms with van der Waals surface area (Å²) in [7, 11) is 0. The van der Waals surface area contributed by atoms with Gasteiger partial charge >= 0.3 is 0 Å². The van der Waals surface area contributed by atoms with E-state index in [2.05, 4.69) is 13.2 Å². The summed E-state index contributed by atoms with van der Waals surface area (Å²) in [5.74, 6) is 0.0845. The lowest BCUT2D eigenvalue weighted by Crippen LogP contribution is -2.09. The number of allylic oxidation sites excluding steroid dienone is 2. The van der Waals surface area contributed by atoms with E-state index in [9.17, 15) is 4.79 Å². The minimum Gasteiger partial charge on any atom is -0.289 e. The van der Waals surface area contributed by atoms with Gasteiger partial charge in [0.25, 0.3) is 0 Å². The first kappa shape index (κ1) is 6.27. The highest BCUT2D eigenvalue weighted by molar-refractivity contribution is 6.08. The summed E-state index contributed by atoms with van der Waals surface area (Å²) in [4.78, 5) is 10.9. The molecule has 1 rings (SSSR count). The quantitative estimate of drug-likeness (QED) is 0.448. The molecule has 0 aromatic heterocycles. The Morgan fingerprint density at radius 3 is 1.89 bits per heavy atom. The molecule has 0 aromatic carbocycles. The Kier molecular flexibility index (Phi) is 1.52. The van der Waals surface area contributed by atoms with Crippen LogP contribution < -0.4 is 0 Å². The molecule has 0 amide bonds. The zero-order valence-corrected chi connectivity index (χ0v) is 5.44. The molecule has 0 spiro atoms. The zero-order valence-electron chi connectivity index (χ0n) is 5.44. The van der Waals surface area contributed by atoms with E-state index in [1.807, 2.05) is 0 Å². The SMILES string of the molecule is C=C1CCCC(=C)C1=O. The highest BCUT2D eigenvalue weighted by Crippen LogP contribution is 2.21. The number of carbonyl (C=O) groups excluding carboxylic acids is 1. The van der Waals surface area contributed by atoms with Gasteiger partial charge in [0.2, 0.25) is 0 Å². The van der Waals surface area contributed by atoms with Gasteiger partial charge in [0.1, 0.15) is 0 Å². The molecular formula is C8H10O. The summed E-state index contributed by atoms with van der Waals surface area (Å²) in [6, 6.07) is 0. The first-order valence-electron chi connectivity index (χ1n) is 3.12. The highest BCUT2D eigenvalue weighted by atomic mass is 16.1. The number of rotatable bonds is 0. The molecule has 48 valence electrons. The molecule has 0 unspecified atom stereocenters. The van der Waals surface area contributed by atoms with E-state index in [1.54, 1.807) is 0 Å². The highest BCUT2D eigenvalue weighted by Gasteiger charge is 2.15. The molecule has 0 atom stereocenters. The Bertz CT molecular complexity index is 159. The predicted octanol–water partition coefficient (Wildman–Crippen LogP) is 1.85. The van der Waals surface area contributed by atoms with E-state index in [0.717, 1.165) is 30.4 Å². The molecule has 0 aliphatic heterocycles. The van der Waals surface area contributed by atoms with Crippen LogP contribution in [0.15, 0.2) is 24.3 Å². The molecule has 0 aromatic rings. The van der Waals surface area contributed by atoms with Crippen LogP contribution in [0.5, 0.6) is 0 Å². The van der Waals surface area contributed by atoms with Crippen molar-refractivity contribution in [1.82, 2.24) is 0 Å². The summed E-state index contributed by atoms with van der Waals surface area (Å²) < 4.78 is 0. The predicted molar refractivity (Wildman–Crippen MR) is 37.1 cm³/mol. The maximum Gasteiger partial charge on any atom is 0.183 e. The van der Waals surface area contributed by atoms with Crippen molar-refractivity contribution in [3.8, 4) is 0 Å². The van der Waals surface area contributed by atoms with Gasteiger partial charge in [-0.15, -0.1) is 0 Å². The van der Waals surface area contributed by atoms with Crippen LogP contribution in [0.1, 0.15) is 19.3 Å². The number of ketones is 1. The first-order chi connectivity index (χ1) is 4.22. The number of carbonyl (C=O) groups is 1. The van der Waals surface area contributed by atoms with E-state index in [-0.39, 0.29) is 5.78 Å². The van der Waals surface area contributed by atoms with Crippen LogP contribution in [0, 0.1) is 0 Å². The van der Waals surface area contributed by atoms with Crippen molar-refractivity contribution in [2.24, 2.45) is 0 Å². The van der Waals surface area contributed by atoms with Gasteiger partial charge in [-0.1, -0.05) is 13.2 Å². The van der Waals surface area contributed by atoms with Crippen molar-refractivity contribution in [1.29, 1.82) is 0 Å². The smallest absolute Gasteiger partial charge is 0.183 e. The summed E-state index contributed by atoms with van der Waals surface area (Å²) in [5.41, 5.74) is 1.46. The molecule has 1 saturated carbocycles. The van der Waals surface area contributed by atoms with Crippen molar-refractivity contribution >= 4 is 5.78 Å². The standard InChI is InChI=1S/C8H10O/c1-6-4-3-5-7(2)8(6)9/h1-5H2. The third kappa shape index (κ3) is 1.10. The van der Waals surface area contributed by atoms with Crippen molar-refractivity contribution in [3.05, 3.63) is 24.3 Å². The third-order valence-electron chi connectivity index (χ3n) is 1.60. The van der Waals surface area contributed by atoms with Crippen molar-refractivity contribution in [3.63, 3.8) is 0 Å². The second-order valence-electron chi connectivity index (χ2n) is 2.39. The monoisotopic (exact) mass is 122 g/mol. The molecule has 0 bridgehead atoms. The summed E-state index contributed by atoms with van der Waals surface area (Å²) in [6.45, 7) is 7.27. The van der Waals surface area contributed by atoms with Crippen LogP contribution in [0.2, 0.25) is 0 Å². The van der Waals surface area contributed by atoms with Gasteiger partial charge in [-0.25, -0.2) is 0 Å². The lowest BCUT2D eigenvalue weighted by atomic mass is 9.91. The second kappa shape index (κ2) is 2.18. The van der Waals surface area contributed by atoms with Crippen LogP contribution in [0.4, 0.5) is 0 Å². The largest absolute Gasteiger partial charge is 0.289 e. The molecule has 0 saturated heterocycles. The lowest BCUT2D eigenvalue weighted by molar-refractivity contribution is -0.112. The minimum atomic E-state index is 0.0845. The van der Waals surface area contributed by atoms with Gasteiger partial charge in [0.15, 0.2) is 5.78 Å². The Hall–Kier alpha value is -0.850. The van der Waals surface area contributed by atoms with Gasteiger partial charge in [0, 0.05) is 0 Å². The van der Waals surface area contributed by atoms with Crippen LogP contribution in [0.25, 0.3) is 0 Å². The average Bonchev–Trinajstić information content (AvgIpc) is 1.83. The summed E-state index contributed by atoms with van der Waals surface area (Å²) in [5, 5.41) is 0. The molecule has 0 radical (unpaired) electrons. The van der Waals surface area contributed by atoms with Gasteiger partial charge in [-0.3, -0.25) is 4.79 Å². The fraction of sp³-hybridized carbons (Fsp3) is 0.375. The van der Waals surface area contributed by atoms with E-state index in [0.29, 0.717) is 0 Å². The second-order valence-corrected chi connectivity index (χ2v) is 2.39. The Labute approximate surface area is 55.1 Å². The maximum atomic E-state index is 10.9. The molecule has 0 N–H and O–H groups in total. The van der Waals surface area contributed by atoms with E-state index in [1.165, 1.54) is 0 Å². The normalized spacial score (nSPS) is 20.7. The van der Waals surface area contributed by atoms with E-state index >= 15 is 0 Å². The fourth-order valence-electron chi connectivity index (χ4n) is 0.992. The molecule has 1 aliphatic rings. The molecule has 9 heavy (non-hydrogen) atoms. The molecule has 1 heteroatoms. The zero-order chi connectivity index (χ0) is 6.85. The average molecular weight is 122 g/mol. The third-order valence-corrected chi connectivity index (χ3v) is 1.60. The fourth-order valence-corrected chi connectivity index (χ4v) is 0.992. The minimum absolute atomic E-state index is 0.0845. The summed E-state index contributed by atoms with van der Waals surface area (Å²) >= 11 is 0. The van der Waals surface area contributed by atoms with Gasteiger partial charge in [-0.05, 0) is 30.4 Å². The van der Waals surface area contributed by atoms with Gasteiger partial charge in [-0.2, -0.15) is 0 Å². The van der Waals surface area contributed by atoms with Crippen LogP contribution in [-0.2, 0) is 4.79 Å². The number of Topliss-reactive ketones (excluding diaryl/α,β-unsaturated/α-hetero) is 1. The van der Waals surface area contributed by atoms with Crippen molar-refractivity contribution < 1.29 is 4.79 Å². The van der Waals surface area contributed by atoms with Gasteiger partial charge in [0.05, 0.1) is 0 Å². The van der Waals surface area contributed by atoms with Crippen molar-refractivity contribution in [2.45, 2.75) is 19.3 Å². The van der Waals surface area contributed by atoms with E-state index < -0.39 is 0 Å². The van der Waals surface area contributed by atoms with Crippen LogP contribution >= 0.6 is 0 Å². The number of hydrogen-bond acceptors (Lipinski definition) is 1. The molecule has 1 fully saturated rings. The molecule has 0 heterocycles. The van der Waals surface area contributed by atoms with Crippen molar-refractivity contribution in [2.75, 3.05) is 0 Å². The van der Waals surface area contributed by atoms with Crippen LogP contribution in [-0.4, -0.2) is 5.78 Å².